The van der Waals surface area contributed by atoms with Gasteiger partial charge in [-0.3, -0.25) is 9.59 Å². The second-order valence-corrected chi connectivity index (χ2v) is 5.02. The molecule has 0 fully saturated rings. The topological polar surface area (TPSA) is 79.3 Å². The summed E-state index contributed by atoms with van der Waals surface area (Å²) in [6.07, 6.45) is 4.85. The zero-order valence-electron chi connectivity index (χ0n) is 11.0. The van der Waals surface area contributed by atoms with Gasteiger partial charge < -0.3 is 10.4 Å². The molecule has 0 aromatic carbocycles. The van der Waals surface area contributed by atoms with E-state index in [1.54, 1.807) is 18.3 Å². The molecule has 1 heterocycles. The minimum absolute atomic E-state index is 0.0539. The average molecular weight is 282 g/mol. The zero-order chi connectivity index (χ0) is 14.3. The lowest BCUT2D eigenvalue weighted by atomic mass is 10.1. The highest BCUT2D eigenvalue weighted by molar-refractivity contribution is 7.98. The number of pyridine rings is 1. The number of hydrogen-bond donors (Lipinski definition) is 2. The molecule has 2 N–H and O–H groups in total. The summed E-state index contributed by atoms with van der Waals surface area (Å²) in [6, 6.07) is 3.41. The molecule has 1 unspecified atom stereocenters. The van der Waals surface area contributed by atoms with Crippen molar-refractivity contribution < 1.29 is 14.7 Å². The van der Waals surface area contributed by atoms with Gasteiger partial charge in [-0.05, 0) is 38.2 Å². The molecule has 0 aliphatic carbocycles. The average Bonchev–Trinajstić information content (AvgIpc) is 2.38. The summed E-state index contributed by atoms with van der Waals surface area (Å²) in [5, 5.41) is 12.1. The monoisotopic (exact) mass is 282 g/mol. The Morgan fingerprint density at radius 1 is 1.53 bits per heavy atom. The van der Waals surface area contributed by atoms with Gasteiger partial charge in [0.1, 0.15) is 5.03 Å². The van der Waals surface area contributed by atoms with Crippen molar-refractivity contribution in [2.45, 2.75) is 37.3 Å². The van der Waals surface area contributed by atoms with Gasteiger partial charge in [-0.15, -0.1) is 11.8 Å². The largest absolute Gasteiger partial charge is 0.481 e. The molecule has 5 nitrogen and oxygen atoms in total. The van der Waals surface area contributed by atoms with Crippen LogP contribution in [-0.4, -0.2) is 34.3 Å². The molecule has 0 aliphatic rings. The molecule has 1 rings (SSSR count). The van der Waals surface area contributed by atoms with Gasteiger partial charge in [0.25, 0.3) is 5.91 Å². The maximum Gasteiger partial charge on any atom is 0.303 e. The van der Waals surface area contributed by atoms with Crippen molar-refractivity contribution >= 4 is 23.6 Å². The lowest BCUT2D eigenvalue weighted by Crippen LogP contribution is -2.33. The summed E-state index contributed by atoms with van der Waals surface area (Å²) >= 11 is 1.42. The summed E-state index contributed by atoms with van der Waals surface area (Å²) in [4.78, 5) is 26.6. The van der Waals surface area contributed by atoms with Crippen LogP contribution >= 0.6 is 11.8 Å². The van der Waals surface area contributed by atoms with E-state index in [2.05, 4.69) is 10.3 Å². The van der Waals surface area contributed by atoms with Gasteiger partial charge in [-0.25, -0.2) is 4.98 Å². The van der Waals surface area contributed by atoms with Crippen molar-refractivity contribution in [1.29, 1.82) is 0 Å². The zero-order valence-corrected chi connectivity index (χ0v) is 11.9. The molecular formula is C13H18N2O3S. The normalized spacial score (nSPS) is 11.9. The maximum atomic E-state index is 12.1. The Morgan fingerprint density at radius 2 is 2.26 bits per heavy atom. The van der Waals surface area contributed by atoms with Crippen LogP contribution in [0.1, 0.15) is 36.5 Å². The van der Waals surface area contributed by atoms with Gasteiger partial charge in [0.15, 0.2) is 0 Å². The van der Waals surface area contributed by atoms with E-state index in [1.807, 2.05) is 13.2 Å². The van der Waals surface area contributed by atoms with Crippen molar-refractivity contribution in [3.05, 3.63) is 23.9 Å². The van der Waals surface area contributed by atoms with E-state index in [1.165, 1.54) is 11.8 Å². The standard InChI is InChI=1S/C13H18N2O3S/c1-9(5-3-7-11(16)17)15-12(18)10-6-4-8-14-13(10)19-2/h4,6,8-9H,3,5,7H2,1-2H3,(H,15,18)(H,16,17). The number of carbonyl (C=O) groups excluding carboxylic acids is 1. The predicted octanol–water partition coefficient (Wildman–Crippen LogP) is 2.18. The van der Waals surface area contributed by atoms with E-state index in [9.17, 15) is 9.59 Å². The fourth-order valence-electron chi connectivity index (χ4n) is 1.66. The van der Waals surface area contributed by atoms with Crippen LogP contribution in [0.25, 0.3) is 0 Å². The Balaban J connectivity index is 2.52. The molecule has 1 aromatic rings. The van der Waals surface area contributed by atoms with Crippen LogP contribution in [0, 0.1) is 0 Å². The first-order valence-electron chi connectivity index (χ1n) is 6.06. The molecule has 0 saturated heterocycles. The minimum Gasteiger partial charge on any atom is -0.481 e. The van der Waals surface area contributed by atoms with Crippen LogP contribution in [0.2, 0.25) is 0 Å². The third-order valence-corrected chi connectivity index (χ3v) is 3.33. The number of carbonyl (C=O) groups is 2. The van der Waals surface area contributed by atoms with Crippen LogP contribution in [0.15, 0.2) is 23.4 Å². The number of amides is 1. The molecule has 6 heteroatoms. The SMILES string of the molecule is CSc1ncccc1C(=O)NC(C)CCCC(=O)O. The fourth-order valence-corrected chi connectivity index (χ4v) is 2.21. The van der Waals surface area contributed by atoms with Gasteiger partial charge in [0.2, 0.25) is 0 Å². The molecular weight excluding hydrogens is 264 g/mol. The van der Waals surface area contributed by atoms with Crippen LogP contribution < -0.4 is 5.32 Å². The summed E-state index contributed by atoms with van der Waals surface area (Å²) in [6.45, 7) is 1.87. The van der Waals surface area contributed by atoms with Gasteiger partial charge in [-0.1, -0.05) is 0 Å². The summed E-state index contributed by atoms with van der Waals surface area (Å²) in [7, 11) is 0. The highest BCUT2D eigenvalue weighted by atomic mass is 32.2. The van der Waals surface area contributed by atoms with E-state index in [0.717, 1.165) is 0 Å². The van der Waals surface area contributed by atoms with Crippen molar-refractivity contribution in [1.82, 2.24) is 10.3 Å². The van der Waals surface area contributed by atoms with Crippen molar-refractivity contribution in [3.8, 4) is 0 Å². The number of aliphatic carboxylic acids is 1. The minimum atomic E-state index is -0.810. The Kier molecular flexibility index (Phi) is 6.35. The highest BCUT2D eigenvalue weighted by Gasteiger charge is 2.14. The van der Waals surface area contributed by atoms with E-state index in [-0.39, 0.29) is 18.4 Å². The van der Waals surface area contributed by atoms with Crippen molar-refractivity contribution in [3.63, 3.8) is 0 Å². The first-order valence-corrected chi connectivity index (χ1v) is 7.28. The maximum absolute atomic E-state index is 12.1. The number of aromatic nitrogens is 1. The molecule has 1 atom stereocenters. The van der Waals surface area contributed by atoms with E-state index >= 15 is 0 Å². The van der Waals surface area contributed by atoms with Crippen molar-refractivity contribution in [2.24, 2.45) is 0 Å². The summed E-state index contributed by atoms with van der Waals surface area (Å²) < 4.78 is 0. The molecule has 1 aromatic heterocycles. The molecule has 0 bridgehead atoms. The van der Waals surface area contributed by atoms with E-state index in [4.69, 9.17) is 5.11 Å². The molecule has 0 aliphatic heterocycles. The summed E-state index contributed by atoms with van der Waals surface area (Å²) in [5.41, 5.74) is 0.556. The highest BCUT2D eigenvalue weighted by Crippen LogP contribution is 2.16. The van der Waals surface area contributed by atoms with Crippen LogP contribution in [-0.2, 0) is 4.79 Å². The van der Waals surface area contributed by atoms with Gasteiger partial charge in [0, 0.05) is 18.7 Å². The number of rotatable bonds is 7. The Hall–Kier alpha value is -1.56. The number of carboxylic acid groups (broad SMARTS) is 1. The van der Waals surface area contributed by atoms with Crippen molar-refractivity contribution in [2.75, 3.05) is 6.26 Å². The van der Waals surface area contributed by atoms with Crippen LogP contribution in [0.5, 0.6) is 0 Å². The smallest absolute Gasteiger partial charge is 0.303 e. The molecule has 104 valence electrons. The van der Waals surface area contributed by atoms with Gasteiger partial charge in [0.05, 0.1) is 5.56 Å². The first-order chi connectivity index (χ1) is 9.04. The van der Waals surface area contributed by atoms with Gasteiger partial charge in [-0.2, -0.15) is 0 Å². The predicted molar refractivity (Wildman–Crippen MR) is 74.4 cm³/mol. The molecule has 1 amide bonds. The third-order valence-electron chi connectivity index (χ3n) is 2.61. The van der Waals surface area contributed by atoms with Crippen LogP contribution in [0.3, 0.4) is 0 Å². The second-order valence-electron chi connectivity index (χ2n) is 4.22. The third kappa shape index (κ3) is 5.30. The number of nitrogens with zero attached hydrogens (tertiary/aromatic N) is 1. The van der Waals surface area contributed by atoms with E-state index < -0.39 is 5.97 Å². The first kappa shape index (κ1) is 15.5. The number of carboxylic acids is 1. The Labute approximate surface area is 116 Å². The number of thioether (sulfide) groups is 1. The quantitative estimate of drug-likeness (QED) is 0.749. The molecule has 0 spiro atoms. The second kappa shape index (κ2) is 7.78. The lowest BCUT2D eigenvalue weighted by molar-refractivity contribution is -0.137. The van der Waals surface area contributed by atoms with E-state index in [0.29, 0.717) is 23.4 Å². The molecule has 19 heavy (non-hydrogen) atoms. The van der Waals surface area contributed by atoms with Gasteiger partial charge >= 0.3 is 5.97 Å². The fraction of sp³-hybridized carbons (Fsp3) is 0.462. The number of hydrogen-bond acceptors (Lipinski definition) is 4. The molecule has 0 saturated carbocycles. The van der Waals surface area contributed by atoms with Crippen LogP contribution in [0.4, 0.5) is 0 Å². The Morgan fingerprint density at radius 3 is 2.89 bits per heavy atom. The summed E-state index contributed by atoms with van der Waals surface area (Å²) in [5.74, 6) is -0.976. The lowest BCUT2D eigenvalue weighted by Gasteiger charge is -2.14. The Bertz CT molecular complexity index is 451. The number of nitrogens with one attached hydrogen (secondary N) is 1. The molecule has 0 radical (unpaired) electrons.